The Morgan fingerprint density at radius 2 is 1.98 bits per heavy atom. The highest BCUT2D eigenvalue weighted by Crippen LogP contribution is 2.34. The van der Waals surface area contributed by atoms with Crippen molar-refractivity contribution in [3.63, 3.8) is 0 Å². The van der Waals surface area contributed by atoms with Crippen LogP contribution in [0.3, 0.4) is 0 Å². The predicted molar refractivity (Wildman–Crippen MR) is 244 cm³/mol. The molecule has 1 saturated heterocycles. The summed E-state index contributed by atoms with van der Waals surface area (Å²) in [5.74, 6) is 0.992. The molecule has 7 rings (SSSR count). The van der Waals surface area contributed by atoms with E-state index in [0.717, 1.165) is 23.0 Å². The number of H-pyrrole nitrogens is 1. The summed E-state index contributed by atoms with van der Waals surface area (Å²) in [5.41, 5.74) is 6.41. The summed E-state index contributed by atoms with van der Waals surface area (Å²) in [4.78, 5) is 41.4. The van der Waals surface area contributed by atoms with Crippen LogP contribution < -0.4 is 21.0 Å². The minimum Gasteiger partial charge on any atom is -0.486 e. The first-order valence-corrected chi connectivity index (χ1v) is 22.5. The normalized spacial score (nSPS) is 17.8. The van der Waals surface area contributed by atoms with E-state index in [1.807, 2.05) is 39.0 Å². The first-order chi connectivity index (χ1) is 30.6. The van der Waals surface area contributed by atoms with Gasteiger partial charge < -0.3 is 20.3 Å². The summed E-state index contributed by atoms with van der Waals surface area (Å²) in [6, 6.07) is 7.59. The number of hydrogen-bond acceptors (Lipinski definition) is 13. The molecule has 1 fully saturated rings. The maximum atomic E-state index is 15.7. The van der Waals surface area contributed by atoms with Crippen molar-refractivity contribution < 1.29 is 27.1 Å². The second kappa shape index (κ2) is 19.0. The van der Waals surface area contributed by atoms with Crippen LogP contribution in [0.1, 0.15) is 66.4 Å². The molecule has 3 aromatic heterocycles. The lowest BCUT2D eigenvalue weighted by molar-refractivity contribution is -0.116. The summed E-state index contributed by atoms with van der Waals surface area (Å²) in [6.45, 7) is 14.5. The summed E-state index contributed by atoms with van der Waals surface area (Å²) in [7, 11) is -2.27. The fourth-order valence-corrected chi connectivity index (χ4v) is 9.26. The first kappa shape index (κ1) is 45.4. The molecule has 0 spiro atoms. The summed E-state index contributed by atoms with van der Waals surface area (Å²) in [6.07, 6.45) is 12.0. The molecule has 0 atom stereocenters. The number of aliphatic imine (C=N–C) groups is 2. The van der Waals surface area contributed by atoms with Crippen LogP contribution >= 0.6 is 0 Å². The van der Waals surface area contributed by atoms with Gasteiger partial charge in [0.25, 0.3) is 0 Å². The minimum absolute atomic E-state index is 0.0336. The topological polar surface area (TPSA) is 207 Å². The SMILES string of the molecule is C/C=C1\C(OC(C)C)=C(c2cn[nH]c2)N=CN1NC(C)=Nc1ccc(S(=O)(=O)C2=CCCC(CN3CCN(c4ccc5c(NC(=O)CCNC=O)nn(C)c5n4)CC3(C)C)=C2)cc1F. The predicted octanol–water partition coefficient (Wildman–Crippen LogP) is 5.48. The van der Waals surface area contributed by atoms with E-state index in [1.165, 1.54) is 12.1 Å². The van der Waals surface area contributed by atoms with Gasteiger partial charge in [0.05, 0.1) is 27.5 Å². The molecule has 0 unspecified atom stereocenters. The molecule has 4 N–H and O–H groups in total. The molecule has 3 aliphatic rings. The van der Waals surface area contributed by atoms with Gasteiger partial charge in [-0.1, -0.05) is 17.7 Å². The quantitative estimate of drug-likeness (QED) is 0.0507. The number of sulfone groups is 1. The highest BCUT2D eigenvalue weighted by Gasteiger charge is 2.35. The van der Waals surface area contributed by atoms with Crippen molar-refractivity contribution in [1.29, 1.82) is 0 Å². The zero-order chi connectivity index (χ0) is 45.8. The molecule has 338 valence electrons. The van der Waals surface area contributed by atoms with Crippen molar-refractivity contribution in [2.45, 2.75) is 77.3 Å². The molecule has 0 bridgehead atoms. The number of nitrogens with zero attached hydrogens (tertiary/aromatic N) is 9. The number of rotatable bonds is 15. The fourth-order valence-electron chi connectivity index (χ4n) is 7.82. The number of amides is 2. The van der Waals surface area contributed by atoms with Crippen molar-refractivity contribution in [2.75, 3.05) is 42.9 Å². The molecular weight excluding hydrogens is 842 g/mol. The first-order valence-electron chi connectivity index (χ1n) is 21.0. The summed E-state index contributed by atoms with van der Waals surface area (Å²) in [5, 5.41) is 18.9. The van der Waals surface area contributed by atoms with Crippen LogP contribution in [-0.4, -0.2) is 112 Å². The average molecular weight is 896 g/mol. The Labute approximate surface area is 371 Å². The highest BCUT2D eigenvalue weighted by molar-refractivity contribution is 7.95. The maximum absolute atomic E-state index is 15.7. The number of hydrogen-bond donors (Lipinski definition) is 4. The third kappa shape index (κ3) is 9.92. The number of pyridine rings is 1. The van der Waals surface area contributed by atoms with E-state index in [-0.39, 0.29) is 46.0 Å². The van der Waals surface area contributed by atoms with Gasteiger partial charge in [0, 0.05) is 63.5 Å². The van der Waals surface area contributed by atoms with E-state index in [2.05, 4.69) is 65.0 Å². The van der Waals surface area contributed by atoms with Crippen molar-refractivity contribution in [3.05, 3.63) is 94.3 Å². The highest BCUT2D eigenvalue weighted by atomic mass is 32.2. The van der Waals surface area contributed by atoms with Gasteiger partial charge in [0.15, 0.2) is 17.2 Å². The average Bonchev–Trinajstić information content (AvgIpc) is 3.90. The Bertz CT molecular complexity index is 2720. The number of nitrogens with one attached hydrogen (secondary N) is 4. The van der Waals surface area contributed by atoms with E-state index in [1.54, 1.807) is 54.5 Å². The number of piperazine rings is 1. The number of allylic oxidation sites excluding steroid dienone is 3. The van der Waals surface area contributed by atoms with Crippen LogP contribution in [0.15, 0.2) is 97.8 Å². The Morgan fingerprint density at radius 3 is 2.69 bits per heavy atom. The van der Waals surface area contributed by atoms with Crippen molar-refractivity contribution in [2.24, 2.45) is 17.0 Å². The van der Waals surface area contributed by atoms with Gasteiger partial charge in [-0.25, -0.2) is 37.5 Å². The van der Waals surface area contributed by atoms with Crippen molar-refractivity contribution in [3.8, 4) is 0 Å². The van der Waals surface area contributed by atoms with Crippen molar-refractivity contribution in [1.82, 2.24) is 45.6 Å². The van der Waals surface area contributed by atoms with Crippen LogP contribution in [0, 0.1) is 5.82 Å². The van der Waals surface area contributed by atoms with Gasteiger partial charge >= 0.3 is 0 Å². The van der Waals surface area contributed by atoms with Gasteiger partial charge in [-0.3, -0.25) is 25.0 Å². The number of aryl methyl sites for hydroxylation is 1. The van der Waals surface area contributed by atoms with E-state index < -0.39 is 15.7 Å². The Balaban J connectivity index is 0.994. The lowest BCUT2D eigenvalue weighted by atomic mass is 9.96. The summed E-state index contributed by atoms with van der Waals surface area (Å²) < 4.78 is 51.4. The molecule has 1 aromatic carbocycles. The smallest absolute Gasteiger partial charge is 0.227 e. The number of halogens is 1. The number of carbonyl (C=O) groups excluding carboxylic acids is 2. The standard InChI is InChI=1S/C44H54FN13O5S/c1-8-37-41(63-28(2)3)40(31-22-48-49-23-31)47-26-58(37)53-29(4)50-36-14-12-33(21-35(36)45)64(61,62)32-11-9-10-30(20-32)24-57-19-18-56(25-44(57,5)6)38-15-13-34-42(54-55(7)43(34)51-38)52-39(60)16-17-46-27-59/h8,11-15,20-23,26-28H,9-10,16-19,24-25H2,1-7H3,(H,46,59)(H,48,49)(H,50,53)(H,52,54,60)/b37-8+. The number of anilines is 2. The van der Waals surface area contributed by atoms with Crippen LogP contribution in [0.25, 0.3) is 16.7 Å². The number of ether oxygens (including phenoxy) is 1. The van der Waals surface area contributed by atoms with Crippen LogP contribution in [0.2, 0.25) is 0 Å². The van der Waals surface area contributed by atoms with Crippen molar-refractivity contribution >= 4 is 68.4 Å². The molecule has 64 heavy (non-hydrogen) atoms. The van der Waals surface area contributed by atoms with Gasteiger partial charge in [-0.15, -0.1) is 0 Å². The molecule has 4 aromatic rings. The monoisotopic (exact) mass is 895 g/mol. The zero-order valence-corrected chi connectivity index (χ0v) is 37.8. The molecule has 5 heterocycles. The lowest BCUT2D eigenvalue weighted by Gasteiger charge is -2.48. The van der Waals surface area contributed by atoms with Gasteiger partial charge in [0.2, 0.25) is 22.2 Å². The number of fused-ring (bicyclic) bond motifs is 1. The second-order valence-corrected chi connectivity index (χ2v) is 18.5. The molecule has 0 radical (unpaired) electrons. The molecule has 18 nitrogen and oxygen atoms in total. The number of amidine groups is 1. The third-order valence-corrected chi connectivity index (χ3v) is 12.8. The van der Waals surface area contributed by atoms with E-state index >= 15 is 4.39 Å². The molecule has 2 aliphatic heterocycles. The number of aromatic amines is 1. The Morgan fingerprint density at radius 1 is 1.17 bits per heavy atom. The summed E-state index contributed by atoms with van der Waals surface area (Å²) >= 11 is 0. The van der Waals surface area contributed by atoms with Gasteiger partial charge in [-0.2, -0.15) is 10.2 Å². The number of hydrazine groups is 1. The van der Waals surface area contributed by atoms with E-state index in [9.17, 15) is 18.0 Å². The largest absolute Gasteiger partial charge is 0.486 e. The molecule has 20 heteroatoms. The number of carbonyl (C=O) groups is 2. The van der Waals surface area contributed by atoms with E-state index in [0.29, 0.717) is 85.3 Å². The van der Waals surface area contributed by atoms with Gasteiger partial charge in [0.1, 0.15) is 40.9 Å². The van der Waals surface area contributed by atoms with Crippen LogP contribution in [-0.2, 0) is 31.2 Å². The number of aromatic nitrogens is 5. The number of benzene rings is 1. The van der Waals surface area contributed by atoms with Gasteiger partial charge in [-0.05, 0) is 90.8 Å². The zero-order valence-electron chi connectivity index (χ0n) is 37.0. The van der Waals surface area contributed by atoms with E-state index in [4.69, 9.17) is 9.72 Å². The maximum Gasteiger partial charge on any atom is 0.227 e. The minimum atomic E-state index is -4.04. The molecule has 0 saturated carbocycles. The Hall–Kier alpha value is -6.67. The third-order valence-electron chi connectivity index (χ3n) is 11.0. The molecule has 1 aliphatic carbocycles. The molecule has 2 amide bonds. The second-order valence-electron chi connectivity index (χ2n) is 16.5. The lowest BCUT2D eigenvalue weighted by Crippen LogP contribution is -2.59. The Kier molecular flexibility index (Phi) is 13.4. The molecular formula is C44H54FN13O5S. The fraction of sp³-hybridized carbons (Fsp3) is 0.386. The van der Waals surface area contributed by atoms with Crippen LogP contribution in [0.5, 0.6) is 0 Å². The van der Waals surface area contributed by atoms with Crippen LogP contribution in [0.4, 0.5) is 21.7 Å².